The number of hydrogen-bond acceptors (Lipinski definition) is 12. The van der Waals surface area contributed by atoms with Crippen molar-refractivity contribution in [2.24, 2.45) is 5.41 Å². The van der Waals surface area contributed by atoms with E-state index in [9.17, 15) is 19.2 Å². The fraction of sp³-hybridized carbons (Fsp3) is 0.840. The molecule has 0 atom stereocenters. The summed E-state index contributed by atoms with van der Waals surface area (Å²) in [6.45, 7) is -0.780. The highest BCUT2D eigenvalue weighted by molar-refractivity contribution is 7.99. The van der Waals surface area contributed by atoms with E-state index in [2.05, 4.69) is 0 Å². The van der Waals surface area contributed by atoms with Crippen LogP contribution in [-0.4, -0.2) is 98.3 Å². The molecule has 0 bridgehead atoms. The van der Waals surface area contributed by atoms with Crippen LogP contribution in [0.3, 0.4) is 0 Å². The van der Waals surface area contributed by atoms with E-state index in [1.807, 2.05) is 25.0 Å². The lowest BCUT2D eigenvalue weighted by atomic mass is 9.92. The highest BCUT2D eigenvalue weighted by Gasteiger charge is 2.38. The van der Waals surface area contributed by atoms with E-state index < -0.39 is 29.3 Å². The molecule has 0 heterocycles. The van der Waals surface area contributed by atoms with E-state index in [1.54, 1.807) is 47.0 Å². The summed E-state index contributed by atoms with van der Waals surface area (Å²) in [5.41, 5.74) is -1.19. The summed E-state index contributed by atoms with van der Waals surface area (Å²) in [6, 6.07) is 0. The first-order valence-electron chi connectivity index (χ1n) is 12.4. The molecule has 0 rings (SSSR count). The van der Waals surface area contributed by atoms with Crippen molar-refractivity contribution in [1.82, 2.24) is 0 Å². The van der Waals surface area contributed by atoms with Gasteiger partial charge in [0.2, 0.25) is 0 Å². The van der Waals surface area contributed by atoms with Crippen molar-refractivity contribution in [3.63, 3.8) is 0 Å². The van der Waals surface area contributed by atoms with Gasteiger partial charge in [0, 0.05) is 25.7 Å². The van der Waals surface area contributed by atoms with Gasteiger partial charge in [0.25, 0.3) is 0 Å². The van der Waals surface area contributed by atoms with Crippen LogP contribution in [-0.2, 0) is 38.1 Å². The Morgan fingerprint density at radius 2 is 0.676 bits per heavy atom. The molecule has 8 nitrogen and oxygen atoms in total. The van der Waals surface area contributed by atoms with Gasteiger partial charge in [0.05, 0.1) is 0 Å². The molecular formula is C25H44O8S4. The quantitative estimate of drug-likeness (QED) is 0.0870. The van der Waals surface area contributed by atoms with Crippen molar-refractivity contribution in [1.29, 1.82) is 0 Å². The molecule has 0 aliphatic carbocycles. The third kappa shape index (κ3) is 20.9. The third-order valence-electron chi connectivity index (χ3n) is 5.07. The molecular weight excluding hydrogens is 557 g/mol. The topological polar surface area (TPSA) is 105 Å². The Bertz CT molecular complexity index is 539. The first-order chi connectivity index (χ1) is 17.8. The zero-order chi connectivity index (χ0) is 27.8. The van der Waals surface area contributed by atoms with Gasteiger partial charge in [-0.3, -0.25) is 19.2 Å². The van der Waals surface area contributed by atoms with Gasteiger partial charge in [-0.1, -0.05) is 0 Å². The van der Waals surface area contributed by atoms with Crippen molar-refractivity contribution >= 4 is 70.9 Å². The molecule has 0 aliphatic heterocycles. The van der Waals surface area contributed by atoms with Crippen molar-refractivity contribution in [2.75, 3.05) is 74.5 Å². The zero-order valence-corrected chi connectivity index (χ0v) is 26.0. The predicted octanol–water partition coefficient (Wildman–Crippen LogP) is 4.72. The second-order valence-corrected chi connectivity index (χ2v) is 12.5. The van der Waals surface area contributed by atoms with E-state index in [4.69, 9.17) is 18.9 Å². The van der Waals surface area contributed by atoms with E-state index >= 15 is 0 Å². The molecule has 0 N–H and O–H groups in total. The summed E-state index contributed by atoms with van der Waals surface area (Å²) in [4.78, 5) is 49.4. The summed E-state index contributed by atoms with van der Waals surface area (Å²) in [5, 5.41) is 0. The van der Waals surface area contributed by atoms with Crippen LogP contribution in [0.4, 0.5) is 0 Å². The van der Waals surface area contributed by atoms with E-state index in [0.717, 1.165) is 23.0 Å². The Morgan fingerprint density at radius 1 is 0.459 bits per heavy atom. The van der Waals surface area contributed by atoms with Gasteiger partial charge in [-0.05, 0) is 73.7 Å². The molecule has 37 heavy (non-hydrogen) atoms. The molecule has 12 heteroatoms. The molecule has 0 aromatic carbocycles. The Hall–Kier alpha value is -0.720. The minimum absolute atomic E-state index is 0.195. The largest absolute Gasteiger partial charge is 0.465 e. The lowest BCUT2D eigenvalue weighted by Gasteiger charge is -2.31. The summed E-state index contributed by atoms with van der Waals surface area (Å²) in [5.74, 6) is 1.71. The molecule has 0 saturated heterocycles. The molecule has 0 aromatic rings. The van der Waals surface area contributed by atoms with Crippen LogP contribution in [0, 0.1) is 5.41 Å². The molecule has 0 unspecified atom stereocenters. The van der Waals surface area contributed by atoms with E-state index in [1.165, 1.54) is 0 Å². The van der Waals surface area contributed by atoms with Gasteiger partial charge in [-0.25, -0.2) is 0 Å². The fourth-order valence-corrected chi connectivity index (χ4v) is 4.65. The van der Waals surface area contributed by atoms with Gasteiger partial charge in [-0.2, -0.15) is 47.0 Å². The summed E-state index contributed by atoms with van der Waals surface area (Å²) in [7, 11) is 0. The smallest absolute Gasteiger partial charge is 0.305 e. The average Bonchev–Trinajstić information content (AvgIpc) is 2.88. The summed E-state index contributed by atoms with van der Waals surface area (Å²) >= 11 is 6.56. The Balaban J connectivity index is 5.45. The van der Waals surface area contributed by atoms with Crippen molar-refractivity contribution in [2.45, 2.75) is 51.4 Å². The molecule has 0 aliphatic rings. The first kappa shape index (κ1) is 36.3. The van der Waals surface area contributed by atoms with Crippen LogP contribution in [0.25, 0.3) is 0 Å². The number of esters is 4. The van der Waals surface area contributed by atoms with E-state index in [-0.39, 0.29) is 52.1 Å². The summed E-state index contributed by atoms with van der Waals surface area (Å²) < 4.78 is 22.1. The maximum absolute atomic E-state index is 12.3. The third-order valence-corrected chi connectivity index (χ3v) is 7.86. The SMILES string of the molecule is CSCCCC(=O)OCC(COC(=O)CCCSC)(COC(=O)CCCSC)COC(=O)CCCSC. The van der Waals surface area contributed by atoms with E-state index in [0.29, 0.717) is 25.7 Å². The fourth-order valence-electron chi connectivity index (χ4n) is 2.92. The highest BCUT2D eigenvalue weighted by Crippen LogP contribution is 2.23. The maximum atomic E-state index is 12.3. The number of ether oxygens (including phenoxy) is 4. The van der Waals surface area contributed by atoms with Gasteiger partial charge < -0.3 is 18.9 Å². The predicted molar refractivity (Wildman–Crippen MR) is 157 cm³/mol. The zero-order valence-electron chi connectivity index (χ0n) is 22.7. The lowest BCUT2D eigenvalue weighted by Crippen LogP contribution is -2.44. The standard InChI is InChI=1S/C25H44O8S4/c1-34-13-5-9-21(26)30-17-25(18-31-22(27)10-6-14-35-2,19-32-23(28)11-7-15-36-3)20-33-24(29)12-8-16-37-4/h5-20H2,1-4H3. The molecule has 0 radical (unpaired) electrons. The lowest BCUT2D eigenvalue weighted by molar-refractivity contribution is -0.170. The molecule has 0 aromatic heterocycles. The summed E-state index contributed by atoms with van der Waals surface area (Å²) in [6.07, 6.45) is 11.5. The number of hydrogen-bond donors (Lipinski definition) is 0. The van der Waals surface area contributed by atoms with Crippen LogP contribution < -0.4 is 0 Å². The minimum Gasteiger partial charge on any atom is -0.465 e. The Kier molecular flexibility index (Phi) is 23.9. The average molecular weight is 601 g/mol. The van der Waals surface area contributed by atoms with Crippen LogP contribution in [0.5, 0.6) is 0 Å². The Labute approximate surface area is 239 Å². The van der Waals surface area contributed by atoms with Crippen LogP contribution >= 0.6 is 47.0 Å². The van der Waals surface area contributed by atoms with Gasteiger partial charge >= 0.3 is 23.9 Å². The molecule has 0 spiro atoms. The highest BCUT2D eigenvalue weighted by atomic mass is 32.2. The number of carbonyl (C=O) groups excluding carboxylic acids is 4. The van der Waals surface area contributed by atoms with Crippen molar-refractivity contribution < 1.29 is 38.1 Å². The molecule has 216 valence electrons. The first-order valence-corrected chi connectivity index (χ1v) is 18.0. The van der Waals surface area contributed by atoms with Crippen LogP contribution in [0.2, 0.25) is 0 Å². The molecule has 0 saturated carbocycles. The van der Waals surface area contributed by atoms with Gasteiger partial charge in [0.1, 0.15) is 31.8 Å². The monoisotopic (exact) mass is 600 g/mol. The van der Waals surface area contributed by atoms with Gasteiger partial charge in [0.15, 0.2) is 0 Å². The molecule has 0 fully saturated rings. The van der Waals surface area contributed by atoms with Crippen molar-refractivity contribution in [3.8, 4) is 0 Å². The second-order valence-electron chi connectivity index (χ2n) is 8.53. The van der Waals surface area contributed by atoms with Gasteiger partial charge in [-0.15, -0.1) is 0 Å². The number of thioether (sulfide) groups is 4. The number of rotatable bonds is 24. The normalized spacial score (nSPS) is 11.1. The van der Waals surface area contributed by atoms with Crippen LogP contribution in [0.1, 0.15) is 51.4 Å². The van der Waals surface area contributed by atoms with Crippen molar-refractivity contribution in [3.05, 3.63) is 0 Å². The second kappa shape index (κ2) is 24.3. The Morgan fingerprint density at radius 3 is 0.865 bits per heavy atom. The van der Waals surface area contributed by atoms with Crippen LogP contribution in [0.15, 0.2) is 0 Å². The minimum atomic E-state index is -1.19. The number of carbonyl (C=O) groups is 4. The molecule has 0 amide bonds. The maximum Gasteiger partial charge on any atom is 0.305 e.